The second-order valence-corrected chi connectivity index (χ2v) is 5.56. The molecule has 21 heavy (non-hydrogen) atoms. The minimum atomic E-state index is -1.72. The number of rotatable bonds is 1. The number of aromatic amines is 1. The summed E-state index contributed by atoms with van der Waals surface area (Å²) in [7, 11) is 0. The minimum absolute atomic E-state index is 0.447. The predicted octanol–water partition coefficient (Wildman–Crippen LogP) is 3.01. The minimum Gasteiger partial charge on any atom is -0.371 e. The quantitative estimate of drug-likeness (QED) is 0.646. The molecule has 1 amide bonds. The number of aromatic nitrogens is 1. The van der Waals surface area contributed by atoms with Crippen molar-refractivity contribution in [2.24, 2.45) is 0 Å². The van der Waals surface area contributed by atoms with Crippen molar-refractivity contribution in [1.82, 2.24) is 4.98 Å². The first-order valence-electron chi connectivity index (χ1n) is 6.51. The summed E-state index contributed by atoms with van der Waals surface area (Å²) in [5, 5.41) is 15.1. The zero-order valence-electron chi connectivity index (χ0n) is 10.9. The van der Waals surface area contributed by atoms with Crippen LogP contribution in [-0.4, -0.2) is 16.0 Å². The van der Waals surface area contributed by atoms with E-state index in [1.165, 1.54) is 0 Å². The van der Waals surface area contributed by atoms with Crippen LogP contribution >= 0.6 is 11.6 Å². The van der Waals surface area contributed by atoms with Crippen molar-refractivity contribution in [1.29, 1.82) is 0 Å². The number of benzene rings is 2. The van der Waals surface area contributed by atoms with Gasteiger partial charge >= 0.3 is 0 Å². The molecule has 0 saturated carbocycles. The molecule has 2 heterocycles. The number of nitrogens with one attached hydrogen (secondary N) is 2. The number of halogens is 1. The lowest BCUT2D eigenvalue weighted by atomic mass is 9.92. The largest absolute Gasteiger partial charge is 0.371 e. The number of carbonyl (C=O) groups excluding carboxylic acids is 1. The number of hydrogen-bond donors (Lipinski definition) is 3. The predicted molar refractivity (Wildman–Crippen MR) is 81.4 cm³/mol. The van der Waals surface area contributed by atoms with E-state index >= 15 is 0 Å². The molecule has 1 aliphatic heterocycles. The van der Waals surface area contributed by atoms with Gasteiger partial charge in [0.25, 0.3) is 5.91 Å². The third-order valence-corrected chi connectivity index (χ3v) is 4.10. The smallest absolute Gasteiger partial charge is 0.267 e. The van der Waals surface area contributed by atoms with Gasteiger partial charge in [0.15, 0.2) is 0 Å². The van der Waals surface area contributed by atoms with Crippen LogP contribution in [0.15, 0.2) is 48.5 Å². The van der Waals surface area contributed by atoms with Crippen molar-refractivity contribution in [2.75, 3.05) is 5.32 Å². The molecule has 5 heteroatoms. The van der Waals surface area contributed by atoms with Crippen LogP contribution in [0.5, 0.6) is 0 Å². The Labute approximate surface area is 125 Å². The third-order valence-electron chi connectivity index (χ3n) is 3.87. The van der Waals surface area contributed by atoms with Gasteiger partial charge in [0, 0.05) is 21.8 Å². The molecule has 3 N–H and O–H groups in total. The summed E-state index contributed by atoms with van der Waals surface area (Å²) < 4.78 is 0. The molecular weight excluding hydrogens is 288 g/mol. The lowest BCUT2D eigenvalue weighted by Crippen LogP contribution is -2.35. The van der Waals surface area contributed by atoms with Crippen molar-refractivity contribution in [3.8, 4) is 0 Å². The van der Waals surface area contributed by atoms with Gasteiger partial charge in [-0.2, -0.15) is 0 Å². The summed E-state index contributed by atoms with van der Waals surface area (Å²) in [6.45, 7) is 0. The van der Waals surface area contributed by atoms with Crippen LogP contribution in [0.2, 0.25) is 5.02 Å². The van der Waals surface area contributed by atoms with Gasteiger partial charge in [-0.15, -0.1) is 0 Å². The van der Waals surface area contributed by atoms with Crippen LogP contribution < -0.4 is 5.32 Å². The van der Waals surface area contributed by atoms with Crippen molar-refractivity contribution in [3.05, 3.63) is 64.8 Å². The fourth-order valence-corrected chi connectivity index (χ4v) is 2.98. The molecule has 4 rings (SSSR count). The Bertz CT molecular complexity index is 854. The molecule has 0 fully saturated rings. The Kier molecular flexibility index (Phi) is 2.43. The second kappa shape index (κ2) is 4.10. The van der Waals surface area contributed by atoms with Crippen molar-refractivity contribution < 1.29 is 9.90 Å². The van der Waals surface area contributed by atoms with E-state index < -0.39 is 11.5 Å². The van der Waals surface area contributed by atoms with Gasteiger partial charge < -0.3 is 15.4 Å². The van der Waals surface area contributed by atoms with Crippen LogP contribution in [-0.2, 0) is 10.4 Å². The highest BCUT2D eigenvalue weighted by molar-refractivity contribution is 6.31. The average molecular weight is 299 g/mol. The van der Waals surface area contributed by atoms with E-state index in [9.17, 15) is 9.90 Å². The molecule has 104 valence electrons. The number of fused-ring (bicyclic) bond motifs is 2. The van der Waals surface area contributed by atoms with Crippen molar-refractivity contribution in [2.45, 2.75) is 5.60 Å². The fraction of sp³-hybridized carbons (Fsp3) is 0.0625. The molecule has 1 aliphatic rings. The van der Waals surface area contributed by atoms with Crippen LogP contribution in [0.1, 0.15) is 11.3 Å². The maximum atomic E-state index is 12.3. The highest BCUT2D eigenvalue weighted by atomic mass is 35.5. The maximum absolute atomic E-state index is 12.3. The van der Waals surface area contributed by atoms with E-state index in [0.29, 0.717) is 22.0 Å². The Morgan fingerprint density at radius 1 is 1.10 bits per heavy atom. The van der Waals surface area contributed by atoms with E-state index in [1.807, 2.05) is 24.3 Å². The number of amides is 1. The summed E-state index contributed by atoms with van der Waals surface area (Å²) in [4.78, 5) is 15.4. The number of para-hydroxylation sites is 1. The first kappa shape index (κ1) is 12.4. The monoisotopic (exact) mass is 298 g/mol. The number of hydrogen-bond acceptors (Lipinski definition) is 2. The lowest BCUT2D eigenvalue weighted by Gasteiger charge is -2.19. The summed E-state index contributed by atoms with van der Waals surface area (Å²) in [5.74, 6) is -0.480. The molecular formula is C16H11ClN2O2. The fourth-order valence-electron chi connectivity index (χ4n) is 2.81. The lowest BCUT2D eigenvalue weighted by molar-refractivity contribution is -0.129. The van der Waals surface area contributed by atoms with Gasteiger partial charge in [0.05, 0.1) is 5.69 Å². The standard InChI is InChI=1S/C16H11ClN2O2/c17-10-5-6-11-13(8-10)19-15(20)16(11,21)14-7-9-3-1-2-4-12(9)18-14/h1-8,18,21H,(H,19,20). The molecule has 0 bridgehead atoms. The average Bonchev–Trinajstić information content (AvgIpc) is 3.00. The normalized spacial score (nSPS) is 20.6. The van der Waals surface area contributed by atoms with E-state index in [1.54, 1.807) is 24.3 Å². The van der Waals surface area contributed by atoms with Crippen LogP contribution in [0.3, 0.4) is 0 Å². The number of carbonyl (C=O) groups is 1. The number of aliphatic hydroxyl groups is 1. The molecule has 0 spiro atoms. The Hall–Kier alpha value is -2.30. The Morgan fingerprint density at radius 3 is 2.71 bits per heavy atom. The molecule has 1 unspecified atom stereocenters. The third kappa shape index (κ3) is 1.63. The van der Waals surface area contributed by atoms with Crippen molar-refractivity contribution in [3.63, 3.8) is 0 Å². The number of H-pyrrole nitrogens is 1. The summed E-state index contributed by atoms with van der Waals surface area (Å²) in [6.07, 6.45) is 0. The Morgan fingerprint density at radius 2 is 1.90 bits per heavy atom. The molecule has 0 aliphatic carbocycles. The zero-order valence-corrected chi connectivity index (χ0v) is 11.6. The van der Waals surface area contributed by atoms with Crippen LogP contribution in [0.25, 0.3) is 10.9 Å². The number of anilines is 1. The summed E-state index contributed by atoms with van der Waals surface area (Å²) in [6, 6.07) is 14.4. The molecule has 1 atom stereocenters. The molecule has 4 nitrogen and oxygen atoms in total. The molecule has 0 saturated heterocycles. The van der Waals surface area contributed by atoms with E-state index in [4.69, 9.17) is 11.6 Å². The van der Waals surface area contributed by atoms with Crippen molar-refractivity contribution >= 4 is 34.1 Å². The SMILES string of the molecule is O=C1Nc2cc(Cl)ccc2C1(O)c1cc2ccccc2[nH]1. The molecule has 1 aromatic heterocycles. The first-order valence-corrected chi connectivity index (χ1v) is 6.89. The first-order chi connectivity index (χ1) is 10.1. The van der Waals surface area contributed by atoms with E-state index in [2.05, 4.69) is 10.3 Å². The highest BCUT2D eigenvalue weighted by Crippen LogP contribution is 2.42. The van der Waals surface area contributed by atoms with Gasteiger partial charge in [0.2, 0.25) is 5.60 Å². The van der Waals surface area contributed by atoms with Crippen LogP contribution in [0, 0.1) is 0 Å². The maximum Gasteiger partial charge on any atom is 0.267 e. The molecule has 2 aromatic carbocycles. The zero-order chi connectivity index (χ0) is 14.6. The van der Waals surface area contributed by atoms with Gasteiger partial charge in [0.1, 0.15) is 0 Å². The second-order valence-electron chi connectivity index (χ2n) is 5.12. The highest BCUT2D eigenvalue weighted by Gasteiger charge is 2.48. The van der Waals surface area contributed by atoms with Gasteiger partial charge in [-0.05, 0) is 29.7 Å². The molecule has 0 radical (unpaired) electrons. The van der Waals surface area contributed by atoms with Gasteiger partial charge in [-0.3, -0.25) is 4.79 Å². The van der Waals surface area contributed by atoms with Crippen LogP contribution in [0.4, 0.5) is 5.69 Å². The van der Waals surface area contributed by atoms with Gasteiger partial charge in [-0.25, -0.2) is 0 Å². The van der Waals surface area contributed by atoms with E-state index in [0.717, 1.165) is 10.9 Å². The molecule has 3 aromatic rings. The van der Waals surface area contributed by atoms with Gasteiger partial charge in [-0.1, -0.05) is 35.9 Å². The Balaban J connectivity index is 1.96. The summed E-state index contributed by atoms with van der Waals surface area (Å²) >= 11 is 5.93. The topological polar surface area (TPSA) is 65.1 Å². The van der Waals surface area contributed by atoms with E-state index in [-0.39, 0.29) is 0 Å². The summed E-state index contributed by atoms with van der Waals surface area (Å²) in [5.41, 5.74) is 0.634.